The molecule has 2 N–H and O–H groups in total. The minimum atomic E-state index is -0.0409. The van der Waals surface area contributed by atoms with E-state index in [4.69, 9.17) is 19.3 Å². The van der Waals surface area contributed by atoms with Gasteiger partial charge >= 0.3 is 0 Å². The summed E-state index contributed by atoms with van der Waals surface area (Å²) in [5.41, 5.74) is 0.955. The molecule has 1 aromatic carbocycles. The highest BCUT2D eigenvalue weighted by Gasteiger charge is 2.12. The first kappa shape index (κ1) is 13.6. The van der Waals surface area contributed by atoms with Gasteiger partial charge in [0.2, 0.25) is 0 Å². The second-order valence-corrected chi connectivity index (χ2v) is 3.42. The number of hydrogen-bond donors (Lipinski definition) is 2. The van der Waals surface area contributed by atoms with Gasteiger partial charge in [0.1, 0.15) is 17.2 Å². The molecule has 96 valence electrons. The van der Waals surface area contributed by atoms with Crippen LogP contribution in [0.1, 0.15) is 5.56 Å². The van der Waals surface area contributed by atoms with E-state index in [2.05, 4.69) is 5.32 Å². The van der Waals surface area contributed by atoms with Gasteiger partial charge in [-0.05, 0) is 6.42 Å². The molecule has 0 saturated heterocycles. The van der Waals surface area contributed by atoms with E-state index in [0.717, 1.165) is 17.1 Å². The van der Waals surface area contributed by atoms with Crippen LogP contribution < -0.4 is 19.5 Å². The van der Waals surface area contributed by atoms with E-state index in [-0.39, 0.29) is 6.73 Å². The number of benzene rings is 1. The molecule has 0 atom stereocenters. The summed E-state index contributed by atoms with van der Waals surface area (Å²) < 4.78 is 15.8. The third kappa shape index (κ3) is 3.51. The molecule has 1 rings (SSSR count). The molecule has 1 aromatic rings. The van der Waals surface area contributed by atoms with Gasteiger partial charge in [0.25, 0.3) is 0 Å². The zero-order valence-corrected chi connectivity index (χ0v) is 10.4. The summed E-state index contributed by atoms with van der Waals surface area (Å²) in [4.78, 5) is 0. The quantitative estimate of drug-likeness (QED) is 0.546. The zero-order valence-electron chi connectivity index (χ0n) is 10.4. The van der Waals surface area contributed by atoms with E-state index in [1.54, 1.807) is 21.3 Å². The molecule has 0 radical (unpaired) electrons. The number of methoxy groups -OCH3 is 3. The van der Waals surface area contributed by atoms with Crippen molar-refractivity contribution in [1.29, 1.82) is 0 Å². The second kappa shape index (κ2) is 6.98. The zero-order chi connectivity index (χ0) is 12.7. The fourth-order valence-electron chi connectivity index (χ4n) is 1.62. The van der Waals surface area contributed by atoms with Crippen LogP contribution in [0.3, 0.4) is 0 Å². The Morgan fingerprint density at radius 1 is 1.06 bits per heavy atom. The van der Waals surface area contributed by atoms with E-state index < -0.39 is 0 Å². The van der Waals surface area contributed by atoms with Crippen LogP contribution in [0.15, 0.2) is 12.1 Å². The minimum absolute atomic E-state index is 0.0409. The lowest BCUT2D eigenvalue weighted by Crippen LogP contribution is -2.18. The molecule has 0 spiro atoms. The molecule has 0 fully saturated rings. The molecule has 0 saturated carbocycles. The highest BCUT2D eigenvalue weighted by atomic mass is 16.5. The van der Waals surface area contributed by atoms with Crippen LogP contribution in [0.2, 0.25) is 0 Å². The minimum Gasteiger partial charge on any atom is -0.496 e. The standard InChI is InChI=1S/C12H19NO4/c1-15-9-6-11(16-2)10(4-5-13-8-14)12(7-9)17-3/h6-7,13-14H,4-5,8H2,1-3H3. The predicted molar refractivity (Wildman–Crippen MR) is 64.9 cm³/mol. The van der Waals surface area contributed by atoms with E-state index in [1.807, 2.05) is 12.1 Å². The van der Waals surface area contributed by atoms with Crippen molar-refractivity contribution in [2.45, 2.75) is 6.42 Å². The summed E-state index contributed by atoms with van der Waals surface area (Å²) in [5, 5.41) is 11.5. The summed E-state index contributed by atoms with van der Waals surface area (Å²) in [6.07, 6.45) is 0.705. The first-order valence-electron chi connectivity index (χ1n) is 5.37. The van der Waals surface area contributed by atoms with Crippen molar-refractivity contribution in [3.63, 3.8) is 0 Å². The number of aliphatic hydroxyl groups excluding tert-OH is 1. The highest BCUT2D eigenvalue weighted by Crippen LogP contribution is 2.34. The lowest BCUT2D eigenvalue weighted by atomic mass is 10.1. The molecule has 0 aromatic heterocycles. The van der Waals surface area contributed by atoms with E-state index in [1.165, 1.54) is 0 Å². The van der Waals surface area contributed by atoms with Crippen molar-refractivity contribution in [2.24, 2.45) is 0 Å². The van der Waals surface area contributed by atoms with Crippen molar-refractivity contribution in [3.8, 4) is 17.2 Å². The SMILES string of the molecule is COc1cc(OC)c(CCNCO)c(OC)c1. The van der Waals surface area contributed by atoms with E-state index in [9.17, 15) is 0 Å². The molecule has 0 unspecified atom stereocenters. The number of aliphatic hydroxyl groups is 1. The van der Waals surface area contributed by atoms with Crippen molar-refractivity contribution in [1.82, 2.24) is 5.32 Å². The predicted octanol–water partition coefficient (Wildman–Crippen LogP) is 0.794. The molecule has 17 heavy (non-hydrogen) atoms. The van der Waals surface area contributed by atoms with Gasteiger partial charge in [-0.2, -0.15) is 0 Å². The molecule has 0 heterocycles. The maximum atomic E-state index is 8.69. The third-order valence-electron chi connectivity index (χ3n) is 2.48. The van der Waals surface area contributed by atoms with Gasteiger partial charge in [0.05, 0.1) is 28.1 Å². The molecule has 5 heteroatoms. The first-order chi connectivity index (χ1) is 8.26. The van der Waals surface area contributed by atoms with Crippen LogP contribution in [0, 0.1) is 0 Å². The fourth-order valence-corrected chi connectivity index (χ4v) is 1.62. The van der Waals surface area contributed by atoms with Crippen LogP contribution in [0.4, 0.5) is 0 Å². The third-order valence-corrected chi connectivity index (χ3v) is 2.48. The summed E-state index contributed by atoms with van der Waals surface area (Å²) in [6, 6.07) is 3.63. The maximum Gasteiger partial charge on any atom is 0.129 e. The van der Waals surface area contributed by atoms with Gasteiger partial charge in [-0.15, -0.1) is 0 Å². The van der Waals surface area contributed by atoms with Gasteiger partial charge < -0.3 is 19.3 Å². The summed E-state index contributed by atoms with van der Waals surface area (Å²) in [6.45, 7) is 0.607. The molecule has 5 nitrogen and oxygen atoms in total. The second-order valence-electron chi connectivity index (χ2n) is 3.42. The average molecular weight is 241 g/mol. The van der Waals surface area contributed by atoms with Crippen LogP contribution in [0.5, 0.6) is 17.2 Å². The van der Waals surface area contributed by atoms with Crippen molar-refractivity contribution >= 4 is 0 Å². The smallest absolute Gasteiger partial charge is 0.129 e. The van der Waals surface area contributed by atoms with Crippen LogP contribution in [-0.4, -0.2) is 39.7 Å². The lowest BCUT2D eigenvalue weighted by molar-refractivity contribution is 0.261. The van der Waals surface area contributed by atoms with Crippen molar-refractivity contribution < 1.29 is 19.3 Å². The molecule has 0 aliphatic heterocycles. The van der Waals surface area contributed by atoms with Crippen LogP contribution in [0.25, 0.3) is 0 Å². The molecular weight excluding hydrogens is 222 g/mol. The fraction of sp³-hybridized carbons (Fsp3) is 0.500. The van der Waals surface area contributed by atoms with Crippen molar-refractivity contribution in [2.75, 3.05) is 34.6 Å². The Bertz CT molecular complexity index is 329. The van der Waals surface area contributed by atoms with E-state index in [0.29, 0.717) is 18.7 Å². The summed E-state index contributed by atoms with van der Waals surface area (Å²) in [5.74, 6) is 2.14. The largest absolute Gasteiger partial charge is 0.496 e. The maximum absolute atomic E-state index is 8.69. The number of ether oxygens (including phenoxy) is 3. The molecule has 0 aliphatic rings. The van der Waals surface area contributed by atoms with Gasteiger partial charge in [0.15, 0.2) is 0 Å². The number of rotatable bonds is 7. The lowest BCUT2D eigenvalue weighted by Gasteiger charge is -2.15. The molecule has 0 amide bonds. The van der Waals surface area contributed by atoms with Crippen LogP contribution in [-0.2, 0) is 6.42 Å². The summed E-state index contributed by atoms with van der Waals surface area (Å²) in [7, 11) is 4.82. The number of nitrogens with one attached hydrogen (secondary N) is 1. The van der Waals surface area contributed by atoms with Crippen molar-refractivity contribution in [3.05, 3.63) is 17.7 Å². The van der Waals surface area contributed by atoms with E-state index >= 15 is 0 Å². The number of hydrogen-bond acceptors (Lipinski definition) is 5. The first-order valence-corrected chi connectivity index (χ1v) is 5.37. The van der Waals surface area contributed by atoms with Gasteiger partial charge in [0, 0.05) is 24.2 Å². The van der Waals surface area contributed by atoms with Gasteiger partial charge in [-0.3, -0.25) is 5.32 Å². The molecule has 0 bridgehead atoms. The highest BCUT2D eigenvalue weighted by molar-refractivity contribution is 5.50. The average Bonchev–Trinajstić information content (AvgIpc) is 2.38. The Kier molecular flexibility index (Phi) is 5.59. The Balaban J connectivity index is 2.98. The van der Waals surface area contributed by atoms with Gasteiger partial charge in [-0.25, -0.2) is 0 Å². The Hall–Kier alpha value is -1.46. The Morgan fingerprint density at radius 2 is 1.65 bits per heavy atom. The Labute approximate surface area is 101 Å². The summed E-state index contributed by atoms with van der Waals surface area (Å²) >= 11 is 0. The topological polar surface area (TPSA) is 60.0 Å². The Morgan fingerprint density at radius 3 is 2.06 bits per heavy atom. The molecule has 0 aliphatic carbocycles. The van der Waals surface area contributed by atoms with Gasteiger partial charge in [-0.1, -0.05) is 0 Å². The molecular formula is C12H19NO4. The monoisotopic (exact) mass is 241 g/mol. The normalized spacial score (nSPS) is 10.1. The van der Waals surface area contributed by atoms with Crippen LogP contribution >= 0.6 is 0 Å².